The van der Waals surface area contributed by atoms with Crippen LogP contribution in [0, 0.1) is 29.1 Å². The second-order valence-electron chi connectivity index (χ2n) is 7.75. The number of aromatic nitrogens is 1. The third-order valence-corrected chi connectivity index (χ3v) is 6.86. The van der Waals surface area contributed by atoms with Gasteiger partial charge in [-0.3, -0.25) is 0 Å². The van der Waals surface area contributed by atoms with Crippen molar-refractivity contribution in [3.05, 3.63) is 22.9 Å². The number of nitriles is 1. The van der Waals surface area contributed by atoms with Crippen LogP contribution < -0.4 is 0 Å². The van der Waals surface area contributed by atoms with Gasteiger partial charge in [-0.05, 0) is 68.6 Å². The van der Waals surface area contributed by atoms with Gasteiger partial charge >= 0.3 is 6.18 Å². The highest BCUT2D eigenvalue weighted by atomic mass is 32.2. The quantitative estimate of drug-likeness (QED) is 0.690. The van der Waals surface area contributed by atoms with E-state index < -0.39 is 11.7 Å². The number of pyridine rings is 1. The molecule has 0 aliphatic heterocycles. The van der Waals surface area contributed by atoms with Crippen LogP contribution in [0.2, 0.25) is 0 Å². The van der Waals surface area contributed by atoms with Crippen molar-refractivity contribution in [3.8, 4) is 6.07 Å². The molecule has 0 saturated heterocycles. The lowest BCUT2D eigenvalue weighted by molar-refractivity contribution is -0.138. The van der Waals surface area contributed by atoms with E-state index in [9.17, 15) is 18.4 Å². The Hall–Kier alpha value is -1.22. The lowest BCUT2D eigenvalue weighted by Gasteiger charge is -2.56. The van der Waals surface area contributed by atoms with E-state index in [0.29, 0.717) is 23.4 Å². The molecule has 0 atom stereocenters. The largest absolute Gasteiger partial charge is 0.417 e. The summed E-state index contributed by atoms with van der Waals surface area (Å²) in [4.78, 5) is 4.57. The third-order valence-electron chi connectivity index (χ3n) is 6.18. The summed E-state index contributed by atoms with van der Waals surface area (Å²) in [5.41, 5.74) is -0.761. The number of rotatable bonds is 2. The van der Waals surface area contributed by atoms with Crippen LogP contribution in [0.1, 0.15) is 55.3 Å². The predicted molar refractivity (Wildman–Crippen MR) is 85.6 cm³/mol. The Balaban J connectivity index is 1.86. The van der Waals surface area contributed by atoms with Gasteiger partial charge in [0.15, 0.2) is 0 Å². The second-order valence-corrected chi connectivity index (χ2v) is 8.54. The molecule has 4 bridgehead atoms. The lowest BCUT2D eigenvalue weighted by atomic mass is 9.48. The molecule has 0 amide bonds. The summed E-state index contributed by atoms with van der Waals surface area (Å²) in [6, 6.07) is 2.91. The predicted octanol–water partition coefficient (Wildman–Crippen LogP) is 5.16. The summed E-state index contributed by atoms with van der Waals surface area (Å²) in [5.74, 6) is 1.92. The van der Waals surface area contributed by atoms with Gasteiger partial charge in [0, 0.05) is 11.1 Å². The molecule has 4 fully saturated rings. The van der Waals surface area contributed by atoms with E-state index in [1.807, 2.05) is 0 Å². The van der Waals surface area contributed by atoms with Crippen LogP contribution >= 0.6 is 11.8 Å². The van der Waals surface area contributed by atoms with E-state index in [0.717, 1.165) is 31.0 Å². The molecule has 1 aromatic heterocycles. The summed E-state index contributed by atoms with van der Waals surface area (Å²) in [6.45, 7) is 0. The molecule has 24 heavy (non-hydrogen) atoms. The van der Waals surface area contributed by atoms with Crippen LogP contribution in [0.3, 0.4) is 0 Å². The van der Waals surface area contributed by atoms with Crippen molar-refractivity contribution in [2.75, 3.05) is 6.26 Å². The number of thioether (sulfide) groups is 1. The van der Waals surface area contributed by atoms with Crippen molar-refractivity contribution in [2.45, 2.75) is 55.1 Å². The van der Waals surface area contributed by atoms with Gasteiger partial charge in [-0.25, -0.2) is 4.98 Å². The molecule has 1 aromatic rings. The van der Waals surface area contributed by atoms with Crippen molar-refractivity contribution in [1.29, 1.82) is 5.26 Å². The zero-order chi connectivity index (χ0) is 17.1. The Kier molecular flexibility index (Phi) is 3.65. The summed E-state index contributed by atoms with van der Waals surface area (Å²) in [5, 5.41) is 9.44. The zero-order valence-corrected chi connectivity index (χ0v) is 14.3. The Bertz CT molecular complexity index is 685. The minimum absolute atomic E-state index is 0.201. The standard InChI is InChI=1S/C18H19F3N2S/c1-24-16-13(9-22)14(18(19,20)21)5-15(23-16)17-6-10-2-11(7-17)4-12(3-10)8-17/h5,10-12H,2-4,6-8H2,1H3. The van der Waals surface area contributed by atoms with Crippen molar-refractivity contribution in [2.24, 2.45) is 17.8 Å². The molecular weight excluding hydrogens is 333 g/mol. The average Bonchev–Trinajstić information content (AvgIpc) is 2.51. The van der Waals surface area contributed by atoms with Crippen LogP contribution in [0.4, 0.5) is 13.2 Å². The van der Waals surface area contributed by atoms with E-state index in [-0.39, 0.29) is 16.0 Å². The Morgan fingerprint density at radius 3 is 2.12 bits per heavy atom. The highest BCUT2D eigenvalue weighted by Gasteiger charge is 2.53. The molecule has 4 saturated carbocycles. The number of hydrogen-bond acceptors (Lipinski definition) is 3. The van der Waals surface area contributed by atoms with E-state index >= 15 is 0 Å². The van der Waals surface area contributed by atoms with E-state index in [4.69, 9.17) is 0 Å². The first-order chi connectivity index (χ1) is 11.3. The van der Waals surface area contributed by atoms with Gasteiger partial charge in [0.25, 0.3) is 0 Å². The highest BCUT2D eigenvalue weighted by Crippen LogP contribution is 2.60. The molecule has 0 spiro atoms. The first kappa shape index (κ1) is 16.3. The first-order valence-electron chi connectivity index (χ1n) is 8.41. The molecule has 0 unspecified atom stereocenters. The van der Waals surface area contributed by atoms with Crippen LogP contribution in [0.5, 0.6) is 0 Å². The number of alkyl halides is 3. The highest BCUT2D eigenvalue weighted by molar-refractivity contribution is 7.98. The molecule has 5 rings (SSSR count). The number of nitrogens with zero attached hydrogens (tertiary/aromatic N) is 2. The number of halogens is 3. The Morgan fingerprint density at radius 2 is 1.71 bits per heavy atom. The molecule has 1 heterocycles. The van der Waals surface area contributed by atoms with Crippen molar-refractivity contribution < 1.29 is 13.2 Å². The molecule has 0 radical (unpaired) electrons. The number of hydrogen-bond donors (Lipinski definition) is 0. The van der Waals surface area contributed by atoms with Crippen LogP contribution in [-0.4, -0.2) is 11.2 Å². The smallest absolute Gasteiger partial charge is 0.245 e. The molecule has 0 aromatic carbocycles. The molecule has 0 N–H and O–H groups in total. The first-order valence-corrected chi connectivity index (χ1v) is 9.64. The molecular formula is C18H19F3N2S. The fourth-order valence-electron chi connectivity index (χ4n) is 5.70. The second kappa shape index (κ2) is 5.39. The van der Waals surface area contributed by atoms with Gasteiger partial charge < -0.3 is 0 Å². The third kappa shape index (κ3) is 2.44. The van der Waals surface area contributed by atoms with E-state index in [1.54, 1.807) is 12.3 Å². The maximum Gasteiger partial charge on any atom is 0.417 e. The minimum atomic E-state index is -4.52. The monoisotopic (exact) mass is 352 g/mol. The summed E-state index contributed by atoms with van der Waals surface area (Å²) in [6.07, 6.45) is 3.75. The molecule has 4 aliphatic rings. The lowest BCUT2D eigenvalue weighted by Crippen LogP contribution is -2.49. The summed E-state index contributed by atoms with van der Waals surface area (Å²) >= 11 is 1.13. The maximum absolute atomic E-state index is 13.5. The van der Waals surface area contributed by atoms with Gasteiger partial charge in [-0.2, -0.15) is 18.4 Å². The van der Waals surface area contributed by atoms with Crippen molar-refractivity contribution in [3.63, 3.8) is 0 Å². The molecule has 128 valence electrons. The maximum atomic E-state index is 13.5. The Labute approximate surface area is 143 Å². The Morgan fingerprint density at radius 1 is 1.17 bits per heavy atom. The molecule has 2 nitrogen and oxygen atoms in total. The van der Waals surface area contributed by atoms with E-state index in [1.165, 1.54) is 25.3 Å². The van der Waals surface area contributed by atoms with Crippen molar-refractivity contribution in [1.82, 2.24) is 4.98 Å². The fourth-order valence-corrected chi connectivity index (χ4v) is 6.25. The fraction of sp³-hybridized carbons (Fsp3) is 0.667. The zero-order valence-electron chi connectivity index (χ0n) is 13.5. The van der Waals surface area contributed by atoms with Gasteiger partial charge in [-0.15, -0.1) is 11.8 Å². The van der Waals surface area contributed by atoms with Crippen LogP contribution in [-0.2, 0) is 11.6 Å². The normalized spacial score (nSPS) is 34.4. The van der Waals surface area contributed by atoms with Crippen LogP contribution in [0.15, 0.2) is 11.1 Å². The van der Waals surface area contributed by atoms with Gasteiger partial charge in [0.1, 0.15) is 11.1 Å². The van der Waals surface area contributed by atoms with Crippen LogP contribution in [0.25, 0.3) is 0 Å². The summed E-state index contributed by atoms with van der Waals surface area (Å²) < 4.78 is 40.5. The van der Waals surface area contributed by atoms with Crippen molar-refractivity contribution >= 4 is 11.8 Å². The average molecular weight is 352 g/mol. The van der Waals surface area contributed by atoms with E-state index in [2.05, 4.69) is 4.98 Å². The topological polar surface area (TPSA) is 36.7 Å². The SMILES string of the molecule is CSc1nc(C23CC4CC(CC(C4)C2)C3)cc(C(F)(F)F)c1C#N. The van der Waals surface area contributed by atoms with Gasteiger partial charge in [-0.1, -0.05) is 0 Å². The molecule has 4 aliphatic carbocycles. The molecule has 6 heteroatoms. The van der Waals surface area contributed by atoms with Gasteiger partial charge in [0.05, 0.1) is 11.1 Å². The minimum Gasteiger partial charge on any atom is -0.245 e. The van der Waals surface area contributed by atoms with Gasteiger partial charge in [0.2, 0.25) is 0 Å². The summed E-state index contributed by atoms with van der Waals surface area (Å²) in [7, 11) is 0.